The van der Waals surface area contributed by atoms with Gasteiger partial charge in [0.25, 0.3) is 0 Å². The number of aryl methyl sites for hydroxylation is 1. The highest BCUT2D eigenvalue weighted by Crippen LogP contribution is 2.08. The second-order valence-electron chi connectivity index (χ2n) is 2.94. The molecule has 0 spiro atoms. The number of hydrogen-bond acceptors (Lipinski definition) is 5. The lowest BCUT2D eigenvalue weighted by atomic mass is 10.2. The van der Waals surface area contributed by atoms with Crippen molar-refractivity contribution in [3.8, 4) is 0 Å². The summed E-state index contributed by atoms with van der Waals surface area (Å²) in [5.41, 5.74) is 6.82. The van der Waals surface area contributed by atoms with Gasteiger partial charge in [0, 0.05) is 12.9 Å². The van der Waals surface area contributed by atoms with Gasteiger partial charge in [-0.3, -0.25) is 0 Å². The van der Waals surface area contributed by atoms with E-state index in [4.69, 9.17) is 10.5 Å². The molecule has 14 heavy (non-hydrogen) atoms. The Bertz CT molecular complexity index is 266. The maximum Gasteiger partial charge on any atom is 0.0778 e. The van der Waals surface area contributed by atoms with Crippen LogP contribution in [0.3, 0.4) is 0 Å². The molecule has 2 N–H and O–H groups in total. The highest BCUT2D eigenvalue weighted by molar-refractivity contribution is 7.98. The summed E-state index contributed by atoms with van der Waals surface area (Å²) in [6, 6.07) is -0.142. The predicted octanol–water partition coefficient (Wildman–Crippen LogP) is 0.287. The molecule has 1 aromatic heterocycles. The summed E-state index contributed by atoms with van der Waals surface area (Å²) in [5, 5.41) is 7.82. The molecule has 0 amide bonds. The number of thioether (sulfide) groups is 1. The van der Waals surface area contributed by atoms with Crippen molar-refractivity contribution in [2.45, 2.75) is 12.6 Å². The molecule has 0 aliphatic carbocycles. The minimum Gasteiger partial charge on any atom is -0.383 e. The Hall–Kier alpha value is -0.590. The van der Waals surface area contributed by atoms with Crippen LogP contribution in [0.2, 0.25) is 0 Å². The zero-order valence-electron chi connectivity index (χ0n) is 8.51. The number of hydrogen-bond donors (Lipinski definition) is 1. The molecule has 6 heteroatoms. The summed E-state index contributed by atoms with van der Waals surface area (Å²) < 4.78 is 6.82. The van der Waals surface area contributed by atoms with Crippen molar-refractivity contribution < 1.29 is 4.74 Å². The summed E-state index contributed by atoms with van der Waals surface area (Å²) in [6.45, 7) is 1.33. The van der Waals surface area contributed by atoms with E-state index in [0.29, 0.717) is 6.61 Å². The van der Waals surface area contributed by atoms with Crippen LogP contribution in [0, 0.1) is 0 Å². The van der Waals surface area contributed by atoms with Crippen LogP contribution in [0.25, 0.3) is 0 Å². The van der Waals surface area contributed by atoms with Gasteiger partial charge in [0.05, 0.1) is 31.1 Å². The first-order chi connectivity index (χ1) is 6.79. The van der Waals surface area contributed by atoms with Crippen LogP contribution in [-0.2, 0) is 11.3 Å². The minimum atomic E-state index is -0.142. The molecule has 1 aromatic rings. The van der Waals surface area contributed by atoms with Crippen LogP contribution in [0.5, 0.6) is 0 Å². The van der Waals surface area contributed by atoms with Gasteiger partial charge in [-0.05, 0) is 6.26 Å². The smallest absolute Gasteiger partial charge is 0.0778 e. The molecule has 1 heterocycles. The number of rotatable bonds is 6. The lowest BCUT2D eigenvalue weighted by molar-refractivity contribution is 0.178. The molecule has 0 unspecified atom stereocenters. The van der Waals surface area contributed by atoms with Crippen LogP contribution in [-0.4, -0.2) is 40.7 Å². The van der Waals surface area contributed by atoms with E-state index < -0.39 is 0 Å². The molecule has 5 nitrogen and oxygen atoms in total. The molecular formula is C8H16N4OS. The number of ether oxygens (including phenoxy) is 1. The molecule has 0 fully saturated rings. The maximum atomic E-state index is 5.89. The molecule has 0 saturated heterocycles. The number of aromatic nitrogens is 3. The van der Waals surface area contributed by atoms with Crippen LogP contribution in [0.1, 0.15) is 11.7 Å². The summed E-state index contributed by atoms with van der Waals surface area (Å²) >= 11 is 1.77. The number of nitrogens with zero attached hydrogens (tertiary/aromatic N) is 3. The van der Waals surface area contributed by atoms with Crippen molar-refractivity contribution >= 4 is 11.8 Å². The summed E-state index contributed by atoms with van der Waals surface area (Å²) in [6.07, 6.45) is 3.76. The summed E-state index contributed by atoms with van der Waals surface area (Å²) in [7, 11) is 1.63. The van der Waals surface area contributed by atoms with E-state index in [0.717, 1.165) is 18.0 Å². The van der Waals surface area contributed by atoms with Crippen molar-refractivity contribution in [1.82, 2.24) is 15.0 Å². The fourth-order valence-electron chi connectivity index (χ4n) is 1.17. The number of nitrogens with two attached hydrogens (primary N) is 1. The fraction of sp³-hybridized carbons (Fsp3) is 0.750. The van der Waals surface area contributed by atoms with Crippen molar-refractivity contribution in [1.29, 1.82) is 0 Å². The van der Waals surface area contributed by atoms with E-state index >= 15 is 0 Å². The van der Waals surface area contributed by atoms with Gasteiger partial charge in [0.2, 0.25) is 0 Å². The van der Waals surface area contributed by atoms with E-state index in [1.807, 2.05) is 4.68 Å². The molecule has 0 saturated carbocycles. The average molecular weight is 216 g/mol. The third kappa shape index (κ3) is 2.97. The Kier molecular flexibility index (Phi) is 4.92. The zero-order valence-corrected chi connectivity index (χ0v) is 9.33. The van der Waals surface area contributed by atoms with Gasteiger partial charge >= 0.3 is 0 Å². The Morgan fingerprint density at radius 2 is 2.50 bits per heavy atom. The van der Waals surface area contributed by atoms with Crippen LogP contribution in [0.4, 0.5) is 0 Å². The largest absolute Gasteiger partial charge is 0.383 e. The van der Waals surface area contributed by atoms with E-state index in [9.17, 15) is 0 Å². The Morgan fingerprint density at radius 3 is 3.14 bits per heavy atom. The Morgan fingerprint density at radius 1 is 1.71 bits per heavy atom. The average Bonchev–Trinajstić information content (AvgIpc) is 2.63. The molecule has 0 aromatic carbocycles. The Labute approximate surface area is 88.0 Å². The van der Waals surface area contributed by atoms with E-state index in [1.165, 1.54) is 0 Å². The second-order valence-corrected chi connectivity index (χ2v) is 3.92. The molecule has 0 bridgehead atoms. The molecule has 0 aliphatic rings. The number of methoxy groups -OCH3 is 1. The van der Waals surface area contributed by atoms with Crippen LogP contribution in [0.15, 0.2) is 6.20 Å². The third-order valence-electron chi connectivity index (χ3n) is 1.88. The summed E-state index contributed by atoms with van der Waals surface area (Å²) in [4.78, 5) is 0. The first kappa shape index (κ1) is 11.5. The van der Waals surface area contributed by atoms with Crippen molar-refractivity contribution in [2.24, 2.45) is 5.73 Å². The van der Waals surface area contributed by atoms with Gasteiger partial charge < -0.3 is 10.5 Å². The van der Waals surface area contributed by atoms with Gasteiger partial charge in [-0.2, -0.15) is 11.8 Å². The van der Waals surface area contributed by atoms with Gasteiger partial charge in [0.1, 0.15) is 0 Å². The van der Waals surface area contributed by atoms with Crippen LogP contribution >= 0.6 is 11.8 Å². The maximum absolute atomic E-state index is 5.89. The highest BCUT2D eigenvalue weighted by Gasteiger charge is 2.11. The first-order valence-electron chi connectivity index (χ1n) is 4.41. The van der Waals surface area contributed by atoms with Crippen molar-refractivity contribution in [3.05, 3.63) is 11.9 Å². The molecule has 1 rings (SSSR count). The van der Waals surface area contributed by atoms with Crippen molar-refractivity contribution in [2.75, 3.05) is 25.7 Å². The third-order valence-corrected chi connectivity index (χ3v) is 2.47. The quantitative estimate of drug-likeness (QED) is 0.740. The van der Waals surface area contributed by atoms with Crippen molar-refractivity contribution in [3.63, 3.8) is 0 Å². The SMILES string of the molecule is COC[C@@H](N)c1cnnn1CCSC. The molecule has 1 atom stereocenters. The topological polar surface area (TPSA) is 66.0 Å². The zero-order chi connectivity index (χ0) is 10.4. The second kappa shape index (κ2) is 6.00. The van der Waals surface area contributed by atoms with E-state index in [2.05, 4.69) is 16.6 Å². The molecule has 0 radical (unpaired) electrons. The normalized spacial score (nSPS) is 13.1. The van der Waals surface area contributed by atoms with E-state index in [-0.39, 0.29) is 6.04 Å². The monoisotopic (exact) mass is 216 g/mol. The first-order valence-corrected chi connectivity index (χ1v) is 5.80. The van der Waals surface area contributed by atoms with Gasteiger partial charge in [-0.25, -0.2) is 4.68 Å². The fourth-order valence-corrected chi connectivity index (χ4v) is 1.52. The Balaban J connectivity index is 2.61. The summed E-state index contributed by atoms with van der Waals surface area (Å²) in [5.74, 6) is 1.01. The minimum absolute atomic E-state index is 0.142. The highest BCUT2D eigenvalue weighted by atomic mass is 32.2. The molecule has 0 aliphatic heterocycles. The molecule has 80 valence electrons. The van der Waals surface area contributed by atoms with Crippen LogP contribution < -0.4 is 5.73 Å². The lowest BCUT2D eigenvalue weighted by Crippen LogP contribution is -2.21. The van der Waals surface area contributed by atoms with Gasteiger partial charge in [-0.1, -0.05) is 5.21 Å². The molecular weight excluding hydrogens is 200 g/mol. The van der Waals surface area contributed by atoms with Gasteiger partial charge in [-0.15, -0.1) is 5.10 Å². The van der Waals surface area contributed by atoms with Gasteiger partial charge in [0.15, 0.2) is 0 Å². The predicted molar refractivity (Wildman–Crippen MR) is 57.2 cm³/mol. The standard InChI is InChI=1S/C8H16N4OS/c1-13-6-7(9)8-5-10-11-12(8)3-4-14-2/h5,7H,3-4,6,9H2,1-2H3/t7-/m1/s1. The lowest BCUT2D eigenvalue weighted by Gasteiger charge is -2.11. The van der Waals surface area contributed by atoms with E-state index in [1.54, 1.807) is 25.1 Å².